The smallest absolute Gasteiger partial charge is 0.404 e. The highest BCUT2D eigenvalue weighted by Gasteiger charge is 2.18. The molecular weight excluding hydrogens is 428 g/mol. The van der Waals surface area contributed by atoms with E-state index in [1.807, 2.05) is 0 Å². The third-order valence-corrected chi connectivity index (χ3v) is 4.22. The molecule has 12 nitrogen and oxygen atoms in total. The van der Waals surface area contributed by atoms with E-state index in [1.54, 1.807) is 18.2 Å². The maximum absolute atomic E-state index is 12.1. The number of benzene rings is 1. The van der Waals surface area contributed by atoms with E-state index in [9.17, 15) is 9.59 Å². The molecule has 4 N–H and O–H groups in total. The second-order valence-electron chi connectivity index (χ2n) is 6.02. The summed E-state index contributed by atoms with van der Waals surface area (Å²) < 4.78 is 11.8. The van der Waals surface area contributed by atoms with Gasteiger partial charge in [-0.2, -0.15) is 5.10 Å². The lowest BCUT2D eigenvalue weighted by Gasteiger charge is -2.15. The average molecular weight is 447 g/mol. The van der Waals surface area contributed by atoms with E-state index in [2.05, 4.69) is 30.9 Å². The number of halogens is 1. The van der Waals surface area contributed by atoms with Gasteiger partial charge in [-0.05, 0) is 12.1 Å². The van der Waals surface area contributed by atoms with Gasteiger partial charge in [0, 0.05) is 13.1 Å². The van der Waals surface area contributed by atoms with Gasteiger partial charge in [0.05, 0.1) is 30.6 Å². The Hall–Kier alpha value is -3.93. The van der Waals surface area contributed by atoms with E-state index >= 15 is 0 Å². The minimum Gasteiger partial charge on any atom is -0.494 e. The number of primary amides is 1. The van der Waals surface area contributed by atoms with Crippen LogP contribution in [0.2, 0.25) is 5.15 Å². The van der Waals surface area contributed by atoms with Gasteiger partial charge < -0.3 is 25.8 Å². The molecule has 2 amide bonds. The van der Waals surface area contributed by atoms with Crippen LogP contribution in [-0.4, -0.2) is 57.7 Å². The standard InChI is InChI=1S/C18H19ClN8O4/c1-21-17(28)14-12(8-13(19)24-25-14)23-11-5-3-4-10(15(11)30-2)16-22-9-27(26-16)6-7-31-18(20)29/h3-5,8-9H,6-7H2,1-2H3,(H2,20,29)(H,21,28)(H,23,24). The van der Waals surface area contributed by atoms with Crippen molar-refractivity contribution in [2.75, 3.05) is 26.1 Å². The quantitative estimate of drug-likeness (QED) is 0.466. The zero-order valence-electron chi connectivity index (χ0n) is 16.6. The van der Waals surface area contributed by atoms with Crippen molar-refractivity contribution < 1.29 is 19.1 Å². The molecule has 0 fully saturated rings. The number of hydrogen-bond donors (Lipinski definition) is 3. The van der Waals surface area contributed by atoms with Crippen molar-refractivity contribution in [3.05, 3.63) is 41.4 Å². The maximum atomic E-state index is 12.1. The summed E-state index contributed by atoms with van der Waals surface area (Å²) in [4.78, 5) is 27.1. The topological polar surface area (TPSA) is 159 Å². The lowest BCUT2D eigenvalue weighted by Crippen LogP contribution is -2.21. The Labute approximate surface area is 181 Å². The fourth-order valence-corrected chi connectivity index (χ4v) is 2.84. The summed E-state index contributed by atoms with van der Waals surface area (Å²) in [7, 11) is 2.99. The molecule has 3 aromatic rings. The van der Waals surface area contributed by atoms with Crippen molar-refractivity contribution in [1.82, 2.24) is 30.3 Å². The second-order valence-corrected chi connectivity index (χ2v) is 6.41. The molecule has 0 spiro atoms. The number of amides is 2. The molecule has 0 bridgehead atoms. The van der Waals surface area contributed by atoms with E-state index in [4.69, 9.17) is 26.8 Å². The summed E-state index contributed by atoms with van der Waals surface area (Å²) in [5.74, 6) is 0.391. The van der Waals surface area contributed by atoms with Crippen molar-refractivity contribution in [2.45, 2.75) is 6.54 Å². The van der Waals surface area contributed by atoms with Gasteiger partial charge in [0.2, 0.25) is 0 Å². The van der Waals surface area contributed by atoms with Gasteiger partial charge in [-0.15, -0.1) is 10.2 Å². The zero-order chi connectivity index (χ0) is 22.4. The highest BCUT2D eigenvalue weighted by atomic mass is 35.5. The van der Waals surface area contributed by atoms with Gasteiger partial charge in [0.1, 0.15) is 12.9 Å². The summed E-state index contributed by atoms with van der Waals surface area (Å²) in [6.07, 6.45) is 0.637. The monoisotopic (exact) mass is 446 g/mol. The van der Waals surface area contributed by atoms with Crippen LogP contribution in [0.4, 0.5) is 16.2 Å². The Morgan fingerprint density at radius 1 is 1.26 bits per heavy atom. The van der Waals surface area contributed by atoms with Crippen molar-refractivity contribution in [3.63, 3.8) is 0 Å². The van der Waals surface area contributed by atoms with Crippen molar-refractivity contribution in [2.24, 2.45) is 5.73 Å². The molecule has 0 aliphatic rings. The molecule has 2 aromatic heterocycles. The van der Waals surface area contributed by atoms with Crippen LogP contribution in [0.15, 0.2) is 30.6 Å². The molecule has 0 saturated heterocycles. The number of nitrogens with two attached hydrogens (primary N) is 1. The first-order chi connectivity index (χ1) is 14.9. The number of aromatic nitrogens is 5. The maximum Gasteiger partial charge on any atom is 0.404 e. The zero-order valence-corrected chi connectivity index (χ0v) is 17.4. The third-order valence-electron chi connectivity index (χ3n) is 4.04. The molecule has 0 radical (unpaired) electrons. The number of anilines is 2. The largest absolute Gasteiger partial charge is 0.494 e. The molecule has 0 saturated carbocycles. The van der Waals surface area contributed by atoms with Crippen molar-refractivity contribution in [1.29, 1.82) is 0 Å². The van der Waals surface area contributed by atoms with Crippen LogP contribution < -0.4 is 21.1 Å². The fraction of sp³-hybridized carbons (Fsp3) is 0.222. The molecule has 0 aliphatic carbocycles. The van der Waals surface area contributed by atoms with E-state index in [1.165, 1.54) is 31.2 Å². The summed E-state index contributed by atoms with van der Waals surface area (Å²) in [5, 5.41) is 17.7. The molecule has 13 heteroatoms. The first-order valence-electron chi connectivity index (χ1n) is 8.94. The molecule has 2 heterocycles. The molecule has 162 valence electrons. The van der Waals surface area contributed by atoms with Crippen LogP contribution in [0.25, 0.3) is 11.4 Å². The summed E-state index contributed by atoms with van der Waals surface area (Å²) >= 11 is 5.96. The van der Waals surface area contributed by atoms with E-state index in [0.717, 1.165) is 0 Å². The highest BCUT2D eigenvalue weighted by Crippen LogP contribution is 2.37. The Morgan fingerprint density at radius 3 is 2.77 bits per heavy atom. The molecule has 0 aliphatic heterocycles. The lowest BCUT2D eigenvalue weighted by atomic mass is 10.1. The Morgan fingerprint density at radius 2 is 2.06 bits per heavy atom. The summed E-state index contributed by atoms with van der Waals surface area (Å²) in [5.41, 5.74) is 6.48. The second kappa shape index (κ2) is 9.71. The van der Waals surface area contributed by atoms with Gasteiger partial charge in [-0.3, -0.25) is 4.79 Å². The average Bonchev–Trinajstić information content (AvgIpc) is 3.21. The van der Waals surface area contributed by atoms with Gasteiger partial charge in [0.25, 0.3) is 5.91 Å². The van der Waals surface area contributed by atoms with Gasteiger partial charge in [0.15, 0.2) is 22.4 Å². The normalized spacial score (nSPS) is 10.4. The number of nitrogens with one attached hydrogen (secondary N) is 2. The number of ether oxygens (including phenoxy) is 2. The van der Waals surface area contributed by atoms with Crippen LogP contribution >= 0.6 is 11.6 Å². The first kappa shape index (κ1) is 21.8. The van der Waals surface area contributed by atoms with Crippen LogP contribution in [0.3, 0.4) is 0 Å². The lowest BCUT2D eigenvalue weighted by molar-refractivity contribution is 0.0958. The number of methoxy groups -OCH3 is 1. The number of nitrogens with zero attached hydrogens (tertiary/aromatic N) is 5. The minimum atomic E-state index is -0.859. The van der Waals surface area contributed by atoms with E-state index in [0.29, 0.717) is 28.5 Å². The molecule has 0 unspecified atom stereocenters. The Balaban J connectivity index is 1.91. The molecule has 0 atom stereocenters. The minimum absolute atomic E-state index is 0.0644. The SMILES string of the molecule is CNC(=O)c1nnc(Cl)cc1Nc1cccc(-c2ncn(CCOC(N)=O)n2)c1OC. The third kappa shape index (κ3) is 5.17. The van der Waals surface area contributed by atoms with Crippen LogP contribution in [0.5, 0.6) is 5.75 Å². The molecular formula is C18H19ClN8O4. The van der Waals surface area contributed by atoms with Crippen molar-refractivity contribution >= 4 is 35.0 Å². The van der Waals surface area contributed by atoms with Crippen LogP contribution in [0, 0.1) is 0 Å². The van der Waals surface area contributed by atoms with E-state index < -0.39 is 12.0 Å². The number of rotatable bonds is 8. The highest BCUT2D eigenvalue weighted by molar-refractivity contribution is 6.29. The molecule has 1 aromatic carbocycles. The number of carbonyl (C=O) groups is 2. The van der Waals surface area contributed by atoms with Gasteiger partial charge >= 0.3 is 6.09 Å². The number of carbonyl (C=O) groups excluding carboxylic acids is 2. The fourth-order valence-electron chi connectivity index (χ4n) is 2.69. The molecule has 31 heavy (non-hydrogen) atoms. The summed E-state index contributed by atoms with van der Waals surface area (Å²) in [6, 6.07) is 6.78. The predicted octanol–water partition coefficient (Wildman–Crippen LogP) is 1.60. The van der Waals surface area contributed by atoms with Gasteiger partial charge in [-0.25, -0.2) is 14.5 Å². The predicted molar refractivity (Wildman–Crippen MR) is 111 cm³/mol. The van der Waals surface area contributed by atoms with Crippen molar-refractivity contribution in [3.8, 4) is 17.1 Å². The van der Waals surface area contributed by atoms with E-state index in [-0.39, 0.29) is 24.0 Å². The molecule has 3 rings (SSSR count). The Kier molecular flexibility index (Phi) is 6.82. The number of para-hydroxylation sites is 1. The Bertz CT molecular complexity index is 1100. The van der Waals surface area contributed by atoms with Gasteiger partial charge in [-0.1, -0.05) is 17.7 Å². The first-order valence-corrected chi connectivity index (χ1v) is 9.32. The van der Waals surface area contributed by atoms with Crippen LogP contribution in [-0.2, 0) is 11.3 Å². The number of hydrogen-bond acceptors (Lipinski definition) is 9. The van der Waals surface area contributed by atoms with Crippen LogP contribution in [0.1, 0.15) is 10.5 Å². The summed E-state index contributed by atoms with van der Waals surface area (Å²) in [6.45, 7) is 0.349.